The Labute approximate surface area is 154 Å². The number of hydrogen-bond acceptors (Lipinski definition) is 4. The number of thiazole rings is 1. The van der Waals surface area contributed by atoms with Gasteiger partial charge in [0, 0.05) is 17.8 Å². The predicted octanol–water partition coefficient (Wildman–Crippen LogP) is 3.45. The van der Waals surface area contributed by atoms with Crippen molar-refractivity contribution in [3.63, 3.8) is 0 Å². The van der Waals surface area contributed by atoms with Crippen molar-refractivity contribution in [1.29, 1.82) is 0 Å². The third kappa shape index (κ3) is 6.30. The number of hydrogen-bond donors (Lipinski definition) is 2. The number of nitrogens with two attached hydrogens (primary N) is 1. The van der Waals surface area contributed by atoms with Crippen LogP contribution < -0.4 is 11.1 Å². The molecule has 3 N–H and O–H groups in total. The third-order valence-electron chi connectivity index (χ3n) is 3.34. The van der Waals surface area contributed by atoms with Gasteiger partial charge in [-0.1, -0.05) is 12.1 Å². The van der Waals surface area contributed by atoms with Crippen molar-refractivity contribution >= 4 is 29.7 Å². The molecular formula is C16H19ClF3N3OS. The second kappa shape index (κ2) is 9.17. The molecule has 2 rings (SSSR count). The molecule has 0 aliphatic carbocycles. The third-order valence-corrected chi connectivity index (χ3v) is 4.25. The van der Waals surface area contributed by atoms with Crippen LogP contribution in [-0.2, 0) is 19.0 Å². The minimum atomic E-state index is -4.34. The van der Waals surface area contributed by atoms with Crippen LogP contribution >= 0.6 is 23.7 Å². The zero-order valence-corrected chi connectivity index (χ0v) is 15.1. The zero-order chi connectivity index (χ0) is 17.7. The predicted molar refractivity (Wildman–Crippen MR) is 94.2 cm³/mol. The molecule has 1 atom stereocenters. The molecule has 1 unspecified atom stereocenters. The first-order chi connectivity index (χ1) is 11.3. The number of nitrogens with one attached hydrogen (secondary N) is 1. The van der Waals surface area contributed by atoms with Crippen LogP contribution in [0.2, 0.25) is 0 Å². The largest absolute Gasteiger partial charge is 0.416 e. The molecule has 0 fully saturated rings. The van der Waals surface area contributed by atoms with Crippen LogP contribution in [0.4, 0.5) is 13.2 Å². The topological polar surface area (TPSA) is 68.0 Å². The molecule has 138 valence electrons. The minimum Gasteiger partial charge on any atom is -0.348 e. The molecule has 0 radical (unpaired) electrons. The maximum absolute atomic E-state index is 12.5. The highest BCUT2D eigenvalue weighted by Gasteiger charge is 2.29. The van der Waals surface area contributed by atoms with Crippen molar-refractivity contribution in [2.75, 3.05) is 6.54 Å². The van der Waals surface area contributed by atoms with Crippen molar-refractivity contribution < 1.29 is 18.0 Å². The van der Waals surface area contributed by atoms with E-state index in [1.807, 2.05) is 0 Å². The van der Waals surface area contributed by atoms with Gasteiger partial charge in [0.2, 0.25) is 0 Å². The molecule has 0 aliphatic heterocycles. The average molecular weight is 394 g/mol. The first kappa shape index (κ1) is 21.4. The van der Waals surface area contributed by atoms with Crippen LogP contribution in [0.25, 0.3) is 0 Å². The maximum Gasteiger partial charge on any atom is 0.416 e. The molecule has 1 amide bonds. The molecule has 0 aliphatic rings. The highest BCUT2D eigenvalue weighted by Crippen LogP contribution is 2.29. The number of carbonyl (C=O) groups excluding carboxylic acids is 1. The van der Waals surface area contributed by atoms with Crippen LogP contribution in [0.5, 0.6) is 0 Å². The lowest BCUT2D eigenvalue weighted by Crippen LogP contribution is -2.34. The number of amides is 1. The van der Waals surface area contributed by atoms with Gasteiger partial charge in [-0.2, -0.15) is 13.2 Å². The van der Waals surface area contributed by atoms with Crippen molar-refractivity contribution in [1.82, 2.24) is 10.3 Å². The average Bonchev–Trinajstić information content (AvgIpc) is 2.96. The highest BCUT2D eigenvalue weighted by atomic mass is 35.5. The molecular weight excluding hydrogens is 375 g/mol. The molecule has 1 aromatic carbocycles. The summed E-state index contributed by atoms with van der Waals surface area (Å²) in [5.74, 6) is -0.297. The highest BCUT2D eigenvalue weighted by molar-refractivity contribution is 7.09. The summed E-state index contributed by atoms with van der Waals surface area (Å²) in [7, 11) is 0. The number of benzene rings is 1. The Kier molecular flexibility index (Phi) is 7.85. The number of nitrogens with zero attached hydrogens (tertiary/aromatic N) is 1. The van der Waals surface area contributed by atoms with Crippen LogP contribution in [0.3, 0.4) is 0 Å². The van der Waals surface area contributed by atoms with Crippen molar-refractivity contribution in [2.45, 2.75) is 32.0 Å². The van der Waals surface area contributed by atoms with Gasteiger partial charge in [0.1, 0.15) is 5.69 Å². The monoisotopic (exact) mass is 393 g/mol. The molecule has 2 aromatic rings. The van der Waals surface area contributed by atoms with Gasteiger partial charge in [0.25, 0.3) is 5.91 Å². The summed E-state index contributed by atoms with van der Waals surface area (Å²) in [6.07, 6.45) is -3.28. The van der Waals surface area contributed by atoms with Crippen molar-refractivity contribution in [3.8, 4) is 0 Å². The fourth-order valence-electron chi connectivity index (χ4n) is 2.19. The lowest BCUT2D eigenvalue weighted by molar-refractivity contribution is -0.137. The molecule has 0 spiro atoms. The second-order valence-electron chi connectivity index (χ2n) is 5.44. The van der Waals surface area contributed by atoms with Gasteiger partial charge < -0.3 is 11.1 Å². The summed E-state index contributed by atoms with van der Waals surface area (Å²) >= 11 is 1.38. The van der Waals surface area contributed by atoms with E-state index >= 15 is 0 Å². The van der Waals surface area contributed by atoms with E-state index in [1.165, 1.54) is 23.5 Å². The summed E-state index contributed by atoms with van der Waals surface area (Å²) in [6.45, 7) is 2.27. The number of carbonyl (C=O) groups is 1. The summed E-state index contributed by atoms with van der Waals surface area (Å²) < 4.78 is 37.6. The fourth-order valence-corrected chi connectivity index (χ4v) is 2.98. The van der Waals surface area contributed by atoms with E-state index in [0.717, 1.165) is 22.7 Å². The first-order valence-corrected chi connectivity index (χ1v) is 8.29. The summed E-state index contributed by atoms with van der Waals surface area (Å²) in [5.41, 5.74) is 5.82. The molecule has 0 bridgehead atoms. The van der Waals surface area contributed by atoms with E-state index in [1.54, 1.807) is 12.3 Å². The lowest BCUT2D eigenvalue weighted by Gasteiger charge is -2.14. The number of halogens is 4. The quantitative estimate of drug-likeness (QED) is 0.789. The Morgan fingerprint density at radius 2 is 1.96 bits per heavy atom. The van der Waals surface area contributed by atoms with E-state index in [4.69, 9.17) is 5.73 Å². The normalized spacial score (nSPS) is 12.4. The summed E-state index contributed by atoms with van der Waals surface area (Å²) in [4.78, 5) is 16.3. The van der Waals surface area contributed by atoms with Gasteiger partial charge in [-0.25, -0.2) is 4.98 Å². The number of aromatic nitrogens is 1. The second-order valence-corrected chi connectivity index (χ2v) is 6.38. The SMILES string of the molecule is CC(Cc1ccc(C(F)(F)F)cc1)NC(=O)c1csc(CCN)n1.Cl. The van der Waals surface area contributed by atoms with Gasteiger partial charge in [0.15, 0.2) is 0 Å². The van der Waals surface area contributed by atoms with Gasteiger partial charge in [-0.05, 0) is 37.6 Å². The number of alkyl halides is 3. The molecule has 0 saturated carbocycles. The Hall–Kier alpha value is -1.64. The van der Waals surface area contributed by atoms with E-state index < -0.39 is 11.7 Å². The Bertz CT molecular complexity index is 689. The van der Waals surface area contributed by atoms with Gasteiger partial charge in [-0.3, -0.25) is 4.79 Å². The van der Waals surface area contributed by atoms with E-state index in [-0.39, 0.29) is 24.4 Å². The van der Waals surface area contributed by atoms with Crippen molar-refractivity contribution in [2.24, 2.45) is 5.73 Å². The molecule has 0 saturated heterocycles. The van der Waals surface area contributed by atoms with E-state index in [2.05, 4.69) is 10.3 Å². The molecule has 25 heavy (non-hydrogen) atoms. The lowest BCUT2D eigenvalue weighted by atomic mass is 10.0. The number of rotatable bonds is 6. The molecule has 9 heteroatoms. The fraction of sp³-hybridized carbons (Fsp3) is 0.375. The van der Waals surface area contributed by atoms with Crippen LogP contribution in [0, 0.1) is 0 Å². The molecule has 1 aromatic heterocycles. The van der Waals surface area contributed by atoms with Gasteiger partial charge in [-0.15, -0.1) is 23.7 Å². The maximum atomic E-state index is 12.5. The Morgan fingerprint density at radius 1 is 1.32 bits per heavy atom. The summed E-state index contributed by atoms with van der Waals surface area (Å²) in [6, 6.07) is 4.71. The standard InChI is InChI=1S/C16H18F3N3OS.ClH/c1-10(8-11-2-4-12(5-3-11)16(17,18)19)21-15(23)13-9-24-14(22-13)6-7-20;/h2-5,9-10H,6-8,20H2,1H3,(H,21,23);1H. The molecule has 4 nitrogen and oxygen atoms in total. The Morgan fingerprint density at radius 3 is 2.52 bits per heavy atom. The van der Waals surface area contributed by atoms with E-state index in [9.17, 15) is 18.0 Å². The smallest absolute Gasteiger partial charge is 0.348 e. The van der Waals surface area contributed by atoms with Crippen molar-refractivity contribution in [3.05, 3.63) is 51.5 Å². The van der Waals surface area contributed by atoms with Crippen LogP contribution in [0.15, 0.2) is 29.6 Å². The van der Waals surface area contributed by atoms with Gasteiger partial charge >= 0.3 is 6.18 Å². The molecule has 1 heterocycles. The summed E-state index contributed by atoms with van der Waals surface area (Å²) in [5, 5.41) is 5.27. The zero-order valence-electron chi connectivity index (χ0n) is 13.5. The van der Waals surface area contributed by atoms with Gasteiger partial charge in [0.05, 0.1) is 10.6 Å². The minimum absolute atomic E-state index is 0. The van der Waals surface area contributed by atoms with E-state index in [0.29, 0.717) is 25.1 Å². The van der Waals surface area contributed by atoms with Crippen LogP contribution in [0.1, 0.15) is 33.5 Å². The Balaban J connectivity index is 0.00000312. The van der Waals surface area contributed by atoms with Crippen LogP contribution in [-0.4, -0.2) is 23.5 Å². The first-order valence-electron chi connectivity index (χ1n) is 7.41.